The Kier molecular flexibility index (Phi) is 3.73. The second-order valence-corrected chi connectivity index (χ2v) is 5.60. The molecule has 0 aliphatic carbocycles. The zero-order valence-corrected chi connectivity index (χ0v) is 10.7. The lowest BCUT2D eigenvalue weighted by atomic mass is 9.86. The molecule has 1 nitrogen and oxygen atoms in total. The fourth-order valence-corrected chi connectivity index (χ4v) is 2.19. The first-order chi connectivity index (χ1) is 6.43. The molecule has 0 aliphatic heterocycles. The largest absolute Gasteiger partial charge is 0.330 e. The van der Waals surface area contributed by atoms with Gasteiger partial charge in [-0.15, -0.1) is 0 Å². The van der Waals surface area contributed by atoms with Gasteiger partial charge in [-0.1, -0.05) is 35.8 Å². The van der Waals surface area contributed by atoms with Crippen molar-refractivity contribution in [3.8, 4) is 0 Å². The third-order valence-electron chi connectivity index (χ3n) is 2.34. The first-order valence-corrected chi connectivity index (χ1v) is 5.68. The predicted molar refractivity (Wildman–Crippen MR) is 65.4 cm³/mol. The van der Waals surface area contributed by atoms with Gasteiger partial charge in [0.25, 0.3) is 0 Å². The minimum atomic E-state index is 0.188. The molecule has 1 rings (SSSR count). The molecule has 0 spiro atoms. The normalized spacial score (nSPS) is 11.8. The number of halogens is 1. The average molecular weight is 256 g/mol. The molecule has 0 saturated heterocycles. The van der Waals surface area contributed by atoms with Crippen LogP contribution in [-0.4, -0.2) is 6.54 Å². The average Bonchev–Trinajstić information content (AvgIpc) is 2.01. The van der Waals surface area contributed by atoms with Crippen LogP contribution in [0.25, 0.3) is 0 Å². The Labute approximate surface area is 94.8 Å². The van der Waals surface area contributed by atoms with E-state index in [-0.39, 0.29) is 5.41 Å². The van der Waals surface area contributed by atoms with E-state index in [1.165, 1.54) is 11.1 Å². The molecule has 0 saturated carbocycles. The zero-order chi connectivity index (χ0) is 10.8. The highest BCUT2D eigenvalue weighted by Gasteiger charge is 2.16. The first-order valence-electron chi connectivity index (χ1n) is 4.89. The van der Waals surface area contributed by atoms with Crippen LogP contribution in [0.2, 0.25) is 0 Å². The van der Waals surface area contributed by atoms with Crippen LogP contribution in [0.3, 0.4) is 0 Å². The Hall–Kier alpha value is -0.340. The maximum Gasteiger partial charge on any atom is 0.0180 e. The van der Waals surface area contributed by atoms with E-state index in [4.69, 9.17) is 5.73 Å². The van der Waals surface area contributed by atoms with Gasteiger partial charge in [-0.05, 0) is 48.6 Å². The maximum absolute atomic E-state index is 5.72. The molecule has 0 atom stereocenters. The Bertz CT molecular complexity index is 298. The van der Waals surface area contributed by atoms with Crippen molar-refractivity contribution >= 4 is 15.9 Å². The van der Waals surface area contributed by atoms with Gasteiger partial charge in [0.15, 0.2) is 0 Å². The van der Waals surface area contributed by atoms with E-state index >= 15 is 0 Å². The zero-order valence-electron chi connectivity index (χ0n) is 9.10. The first kappa shape index (κ1) is 11.7. The van der Waals surface area contributed by atoms with Crippen LogP contribution in [0.4, 0.5) is 0 Å². The van der Waals surface area contributed by atoms with Gasteiger partial charge in [0.1, 0.15) is 0 Å². The summed E-state index contributed by atoms with van der Waals surface area (Å²) in [6, 6.07) is 6.52. The molecule has 1 aromatic rings. The lowest BCUT2D eigenvalue weighted by molar-refractivity contribution is 0.376. The van der Waals surface area contributed by atoms with E-state index in [1.54, 1.807) is 0 Å². The highest BCUT2D eigenvalue weighted by atomic mass is 79.9. The summed E-state index contributed by atoms with van der Waals surface area (Å²) in [6.45, 7) is 7.23. The van der Waals surface area contributed by atoms with Gasteiger partial charge in [-0.2, -0.15) is 0 Å². The van der Waals surface area contributed by atoms with Gasteiger partial charge in [-0.25, -0.2) is 0 Å². The summed E-state index contributed by atoms with van der Waals surface area (Å²) < 4.78 is 1.15. The van der Waals surface area contributed by atoms with Crippen LogP contribution in [-0.2, 0) is 6.42 Å². The topological polar surface area (TPSA) is 26.0 Å². The number of hydrogen-bond donors (Lipinski definition) is 1. The molecular weight excluding hydrogens is 238 g/mol. The van der Waals surface area contributed by atoms with E-state index in [1.807, 2.05) is 0 Å². The minimum Gasteiger partial charge on any atom is -0.330 e. The third-order valence-corrected chi connectivity index (χ3v) is 2.80. The van der Waals surface area contributed by atoms with Crippen LogP contribution in [0, 0.1) is 12.3 Å². The number of benzene rings is 1. The molecule has 2 heteroatoms. The van der Waals surface area contributed by atoms with Crippen molar-refractivity contribution < 1.29 is 0 Å². The molecule has 0 fully saturated rings. The van der Waals surface area contributed by atoms with Crippen LogP contribution in [0.5, 0.6) is 0 Å². The summed E-state index contributed by atoms with van der Waals surface area (Å²) in [4.78, 5) is 0. The summed E-state index contributed by atoms with van der Waals surface area (Å²) in [5.74, 6) is 0. The molecule has 2 N–H and O–H groups in total. The summed E-state index contributed by atoms with van der Waals surface area (Å²) in [7, 11) is 0. The van der Waals surface area contributed by atoms with Gasteiger partial charge in [-0.3, -0.25) is 0 Å². The van der Waals surface area contributed by atoms with E-state index in [0.717, 1.165) is 17.4 Å². The van der Waals surface area contributed by atoms with Gasteiger partial charge < -0.3 is 5.73 Å². The molecule has 0 aromatic heterocycles. The van der Waals surface area contributed by atoms with Crippen molar-refractivity contribution in [2.75, 3.05) is 6.54 Å². The summed E-state index contributed by atoms with van der Waals surface area (Å²) in [6.07, 6.45) is 1.03. The van der Waals surface area contributed by atoms with E-state index in [9.17, 15) is 0 Å². The van der Waals surface area contributed by atoms with Gasteiger partial charge in [0.2, 0.25) is 0 Å². The fraction of sp³-hybridized carbons (Fsp3) is 0.500. The van der Waals surface area contributed by atoms with Crippen LogP contribution in [0.15, 0.2) is 22.7 Å². The summed E-state index contributed by atoms with van der Waals surface area (Å²) in [5.41, 5.74) is 8.55. The van der Waals surface area contributed by atoms with E-state index < -0.39 is 0 Å². The smallest absolute Gasteiger partial charge is 0.0180 e. The molecule has 0 bridgehead atoms. The Morgan fingerprint density at radius 1 is 1.29 bits per heavy atom. The van der Waals surface area contributed by atoms with Gasteiger partial charge in [0.05, 0.1) is 0 Å². The van der Waals surface area contributed by atoms with Crippen molar-refractivity contribution in [2.24, 2.45) is 11.1 Å². The molecule has 78 valence electrons. The molecule has 0 heterocycles. The van der Waals surface area contributed by atoms with Crippen molar-refractivity contribution in [1.29, 1.82) is 0 Å². The third kappa shape index (κ3) is 3.43. The van der Waals surface area contributed by atoms with E-state index in [2.05, 4.69) is 54.9 Å². The number of nitrogens with two attached hydrogens (primary N) is 1. The standard InChI is InChI=1S/C12H18BrN/c1-9-4-10(6-11(13)5-9)7-12(2,3)8-14/h4-6H,7-8,14H2,1-3H3. The molecule has 0 radical (unpaired) electrons. The maximum atomic E-state index is 5.72. The molecule has 14 heavy (non-hydrogen) atoms. The Balaban J connectivity index is 2.87. The van der Waals surface area contributed by atoms with Gasteiger partial charge in [0, 0.05) is 4.47 Å². The lowest BCUT2D eigenvalue weighted by Gasteiger charge is -2.22. The van der Waals surface area contributed by atoms with Crippen molar-refractivity contribution in [3.05, 3.63) is 33.8 Å². The van der Waals surface area contributed by atoms with Gasteiger partial charge >= 0.3 is 0 Å². The molecule has 1 aromatic carbocycles. The number of aryl methyl sites for hydroxylation is 1. The van der Waals surface area contributed by atoms with Crippen LogP contribution in [0.1, 0.15) is 25.0 Å². The molecule has 0 aliphatic rings. The Morgan fingerprint density at radius 2 is 1.93 bits per heavy atom. The molecule has 0 amide bonds. The van der Waals surface area contributed by atoms with Crippen LogP contribution < -0.4 is 5.73 Å². The van der Waals surface area contributed by atoms with Crippen molar-refractivity contribution in [2.45, 2.75) is 27.2 Å². The second-order valence-electron chi connectivity index (χ2n) is 4.68. The highest BCUT2D eigenvalue weighted by Crippen LogP contribution is 2.23. The second kappa shape index (κ2) is 4.45. The fourth-order valence-electron chi connectivity index (χ4n) is 1.54. The molecular formula is C12H18BrN. The van der Waals surface area contributed by atoms with E-state index in [0.29, 0.717) is 0 Å². The predicted octanol–water partition coefficient (Wildman–Crippen LogP) is 3.28. The van der Waals surface area contributed by atoms with Crippen molar-refractivity contribution in [3.63, 3.8) is 0 Å². The van der Waals surface area contributed by atoms with Crippen molar-refractivity contribution in [1.82, 2.24) is 0 Å². The van der Waals surface area contributed by atoms with Crippen LogP contribution >= 0.6 is 15.9 Å². The summed E-state index contributed by atoms with van der Waals surface area (Å²) >= 11 is 3.51. The highest BCUT2D eigenvalue weighted by molar-refractivity contribution is 9.10. The quantitative estimate of drug-likeness (QED) is 0.882. The Morgan fingerprint density at radius 3 is 2.43 bits per heavy atom. The molecule has 0 unspecified atom stereocenters. The number of rotatable bonds is 3. The minimum absolute atomic E-state index is 0.188. The number of hydrogen-bond acceptors (Lipinski definition) is 1. The summed E-state index contributed by atoms with van der Waals surface area (Å²) in [5, 5.41) is 0. The lowest BCUT2D eigenvalue weighted by Crippen LogP contribution is -2.25. The SMILES string of the molecule is Cc1cc(Br)cc(CC(C)(C)CN)c1. The monoisotopic (exact) mass is 255 g/mol.